The van der Waals surface area contributed by atoms with Crippen LogP contribution in [0.25, 0.3) is 0 Å². The Labute approximate surface area is 436 Å². The number of carbonyl (C=O) groups is 3. The number of likely N-dealkylation sites (N-methyl/N-ethyl adjacent to an activating group) is 1. The maximum Gasteiger partial charge on any atom is 0.361 e. The van der Waals surface area contributed by atoms with Crippen molar-refractivity contribution in [3.63, 3.8) is 0 Å². The van der Waals surface area contributed by atoms with Gasteiger partial charge in [-0.15, -0.1) is 0 Å². The molecular formula is C62H108NO8+. The lowest BCUT2D eigenvalue weighted by molar-refractivity contribution is -0.870. The molecule has 0 bridgehead atoms. The third-order valence-electron chi connectivity index (χ3n) is 12.1. The minimum Gasteiger partial charge on any atom is -0.477 e. The topological polar surface area (TPSA) is 108 Å². The molecule has 0 rings (SSSR count). The van der Waals surface area contributed by atoms with E-state index >= 15 is 0 Å². The molecule has 1 N–H and O–H groups in total. The molecule has 0 aliphatic carbocycles. The van der Waals surface area contributed by atoms with Crippen LogP contribution in [0, 0.1) is 0 Å². The first-order chi connectivity index (χ1) is 34.6. The van der Waals surface area contributed by atoms with Crippen LogP contribution in [-0.2, 0) is 33.3 Å². The molecule has 71 heavy (non-hydrogen) atoms. The quantitative estimate of drug-likeness (QED) is 0.0211. The molecule has 0 aromatic carbocycles. The summed E-state index contributed by atoms with van der Waals surface area (Å²) in [6, 6.07) is 0. The maximum atomic E-state index is 12.9. The molecule has 9 heteroatoms. The molecule has 0 saturated carbocycles. The summed E-state index contributed by atoms with van der Waals surface area (Å²) in [6.07, 6.45) is 66.9. The third-order valence-corrected chi connectivity index (χ3v) is 12.1. The Bertz CT molecular complexity index is 1440. The summed E-state index contributed by atoms with van der Waals surface area (Å²) in [5.74, 6) is -2.04. The van der Waals surface area contributed by atoms with Gasteiger partial charge in [0.15, 0.2) is 6.10 Å². The zero-order valence-electron chi connectivity index (χ0n) is 46.4. The number of ether oxygens (including phenoxy) is 4. The highest BCUT2D eigenvalue weighted by Gasteiger charge is 2.25. The van der Waals surface area contributed by atoms with Crippen molar-refractivity contribution < 1.29 is 42.9 Å². The van der Waals surface area contributed by atoms with Crippen molar-refractivity contribution in [2.24, 2.45) is 0 Å². The van der Waals surface area contributed by atoms with Crippen molar-refractivity contribution >= 4 is 17.9 Å². The van der Waals surface area contributed by atoms with E-state index in [0.29, 0.717) is 23.9 Å². The van der Waals surface area contributed by atoms with Crippen LogP contribution in [0.2, 0.25) is 0 Å². The molecule has 2 atom stereocenters. The molecular weight excluding hydrogens is 887 g/mol. The average Bonchev–Trinajstić information content (AvgIpc) is 3.34. The Morgan fingerprint density at radius 2 is 0.761 bits per heavy atom. The van der Waals surface area contributed by atoms with Gasteiger partial charge in [0, 0.05) is 12.8 Å². The summed E-state index contributed by atoms with van der Waals surface area (Å²) in [6.45, 7) is 4.62. The number of hydrogen-bond acceptors (Lipinski definition) is 7. The molecule has 0 aliphatic rings. The highest BCUT2D eigenvalue weighted by Crippen LogP contribution is 2.16. The molecule has 2 unspecified atom stereocenters. The van der Waals surface area contributed by atoms with E-state index in [4.69, 9.17) is 18.9 Å². The van der Waals surface area contributed by atoms with Gasteiger partial charge in [-0.1, -0.05) is 221 Å². The van der Waals surface area contributed by atoms with Crippen LogP contribution in [0.5, 0.6) is 0 Å². The first kappa shape index (κ1) is 67.5. The van der Waals surface area contributed by atoms with Crippen LogP contribution in [0.4, 0.5) is 0 Å². The second kappa shape index (κ2) is 52.8. The number of carbonyl (C=O) groups excluding carboxylic acids is 2. The SMILES string of the molecule is CC/C=C\C/C=C\C/C=C\C/C=C\CCCCCCCCCCCCCCCCCCCCCCC(=O)OC(COC(=O)CCCCC/C=C\C/C=C\C/C=C\CC)COC(OCC[N+](C)(C)C)C(=O)O. The van der Waals surface area contributed by atoms with E-state index in [-0.39, 0.29) is 38.6 Å². The highest BCUT2D eigenvalue weighted by molar-refractivity contribution is 5.71. The van der Waals surface area contributed by atoms with E-state index in [1.54, 1.807) is 0 Å². The van der Waals surface area contributed by atoms with Crippen LogP contribution in [0.1, 0.15) is 232 Å². The van der Waals surface area contributed by atoms with E-state index < -0.39 is 24.3 Å². The smallest absolute Gasteiger partial charge is 0.361 e. The molecule has 0 aromatic heterocycles. The average molecular weight is 996 g/mol. The van der Waals surface area contributed by atoms with Crippen molar-refractivity contribution in [1.29, 1.82) is 0 Å². The Balaban J connectivity index is 4.09. The van der Waals surface area contributed by atoms with Gasteiger partial charge < -0.3 is 28.5 Å². The summed E-state index contributed by atoms with van der Waals surface area (Å²) in [5.41, 5.74) is 0. The van der Waals surface area contributed by atoms with E-state index in [0.717, 1.165) is 77.0 Å². The summed E-state index contributed by atoms with van der Waals surface area (Å²) in [7, 11) is 5.95. The van der Waals surface area contributed by atoms with Gasteiger partial charge in [0.25, 0.3) is 6.29 Å². The number of rotatable bonds is 52. The first-order valence-electron chi connectivity index (χ1n) is 28.8. The monoisotopic (exact) mass is 995 g/mol. The minimum atomic E-state index is -1.52. The fourth-order valence-electron chi connectivity index (χ4n) is 7.78. The highest BCUT2D eigenvalue weighted by atomic mass is 16.7. The third kappa shape index (κ3) is 54.1. The second-order valence-electron chi connectivity index (χ2n) is 20.2. The number of esters is 2. The maximum absolute atomic E-state index is 12.9. The Hall–Kier alpha value is -3.53. The lowest BCUT2D eigenvalue weighted by Crippen LogP contribution is -2.40. The van der Waals surface area contributed by atoms with Gasteiger partial charge in [0.1, 0.15) is 13.2 Å². The van der Waals surface area contributed by atoms with Crippen molar-refractivity contribution in [2.75, 3.05) is 47.5 Å². The predicted octanol–water partition coefficient (Wildman–Crippen LogP) is 16.8. The molecule has 0 aliphatic heterocycles. The molecule has 0 amide bonds. The largest absolute Gasteiger partial charge is 0.477 e. The second-order valence-corrected chi connectivity index (χ2v) is 20.2. The lowest BCUT2D eigenvalue weighted by atomic mass is 10.0. The molecule has 0 aromatic rings. The summed E-state index contributed by atoms with van der Waals surface area (Å²) < 4.78 is 22.8. The van der Waals surface area contributed by atoms with Crippen LogP contribution in [0.15, 0.2) is 85.1 Å². The molecule has 0 fully saturated rings. The van der Waals surface area contributed by atoms with Crippen LogP contribution in [0.3, 0.4) is 0 Å². The molecule has 0 radical (unpaired) electrons. The van der Waals surface area contributed by atoms with Gasteiger partial charge in [-0.25, -0.2) is 4.79 Å². The number of unbranched alkanes of at least 4 members (excludes halogenated alkanes) is 23. The van der Waals surface area contributed by atoms with Gasteiger partial charge in [-0.2, -0.15) is 0 Å². The zero-order chi connectivity index (χ0) is 52.0. The number of aliphatic carboxylic acids is 1. The number of allylic oxidation sites excluding steroid dienone is 14. The molecule has 0 spiro atoms. The summed E-state index contributed by atoms with van der Waals surface area (Å²) in [4.78, 5) is 37.3. The van der Waals surface area contributed by atoms with Crippen molar-refractivity contribution in [3.05, 3.63) is 85.1 Å². The number of quaternary nitrogens is 1. The van der Waals surface area contributed by atoms with Crippen LogP contribution < -0.4 is 0 Å². The van der Waals surface area contributed by atoms with Crippen LogP contribution in [-0.4, -0.2) is 87.4 Å². The summed E-state index contributed by atoms with van der Waals surface area (Å²) in [5, 5.41) is 9.68. The number of nitrogens with zero attached hydrogens (tertiary/aromatic N) is 1. The van der Waals surface area contributed by atoms with E-state index in [1.807, 2.05) is 21.1 Å². The minimum absolute atomic E-state index is 0.181. The van der Waals surface area contributed by atoms with E-state index in [9.17, 15) is 19.5 Å². The lowest BCUT2D eigenvalue weighted by Gasteiger charge is -2.25. The van der Waals surface area contributed by atoms with Crippen LogP contribution >= 0.6 is 0 Å². The number of hydrogen-bond donors (Lipinski definition) is 1. The molecule has 408 valence electrons. The van der Waals surface area contributed by atoms with Gasteiger partial charge in [0.05, 0.1) is 34.4 Å². The predicted molar refractivity (Wildman–Crippen MR) is 299 cm³/mol. The normalized spacial score (nSPS) is 13.4. The molecule has 9 nitrogen and oxygen atoms in total. The van der Waals surface area contributed by atoms with Gasteiger partial charge in [0.2, 0.25) is 0 Å². The van der Waals surface area contributed by atoms with Gasteiger partial charge >= 0.3 is 17.9 Å². The fraction of sp³-hybridized carbons (Fsp3) is 0.726. The molecule has 0 saturated heterocycles. The zero-order valence-corrected chi connectivity index (χ0v) is 46.4. The van der Waals surface area contributed by atoms with Gasteiger partial charge in [-0.05, 0) is 83.5 Å². The summed E-state index contributed by atoms with van der Waals surface area (Å²) >= 11 is 0. The number of carboxylic acid groups (broad SMARTS) is 1. The Morgan fingerprint density at radius 3 is 1.14 bits per heavy atom. The first-order valence-corrected chi connectivity index (χ1v) is 28.8. The van der Waals surface area contributed by atoms with Crippen molar-refractivity contribution in [1.82, 2.24) is 0 Å². The standard InChI is InChI=1S/C62H107NO8/c1-6-8-10-12-14-16-18-20-21-22-23-24-25-26-27-28-29-30-31-32-33-34-35-36-37-38-39-41-43-45-47-49-51-53-60(65)71-58(57-70-62(61(66)67)68-55-54-63(3,4)5)56-69-59(64)52-50-48-46-44-42-40-19-17-15-13-11-9-7-2/h8-11,14-17,20-21,23-24,40,42,58,62H,6-7,12-13,18-19,22,25-39,41,43-57H2,1-5H3/p+1/b10-8-,11-9-,16-14-,17-15-,21-20-,24-23-,42-40-. The van der Waals surface area contributed by atoms with E-state index in [1.165, 1.54) is 116 Å². The Morgan fingerprint density at radius 1 is 0.423 bits per heavy atom. The van der Waals surface area contributed by atoms with Gasteiger partial charge in [-0.3, -0.25) is 9.59 Å². The van der Waals surface area contributed by atoms with Crippen molar-refractivity contribution in [2.45, 2.75) is 245 Å². The number of carboxylic acids is 1. The molecule has 0 heterocycles. The Kier molecular flexibility index (Phi) is 50.2. The van der Waals surface area contributed by atoms with Crippen molar-refractivity contribution in [3.8, 4) is 0 Å². The van der Waals surface area contributed by atoms with E-state index in [2.05, 4.69) is 98.9 Å². The fourth-order valence-corrected chi connectivity index (χ4v) is 7.78.